The van der Waals surface area contributed by atoms with E-state index in [1.807, 2.05) is 6.07 Å². The largest absolute Gasteiger partial charge is 0.278 e. The van der Waals surface area contributed by atoms with Gasteiger partial charge in [-0.25, -0.2) is 4.98 Å². The maximum absolute atomic E-state index is 11.0. The minimum absolute atomic E-state index is 0.0311. The van der Waals surface area contributed by atoms with Crippen LogP contribution in [0.15, 0.2) is 22.7 Å². The molecule has 1 aromatic carbocycles. The molecule has 0 N–H and O–H groups in total. The minimum Gasteiger partial charge on any atom is -0.258 e. The highest BCUT2D eigenvalue weighted by molar-refractivity contribution is 9.10. The molecular weight excluding hydrogens is 286 g/mol. The molecule has 1 aromatic heterocycles. The highest BCUT2D eigenvalue weighted by Gasteiger charge is 2.18. The Kier molecular flexibility index (Phi) is 2.77. The molecule has 6 heteroatoms. The first-order chi connectivity index (χ1) is 8.06. The van der Waals surface area contributed by atoms with Crippen LogP contribution in [-0.4, -0.2) is 9.91 Å². The molecule has 0 amide bonds. The van der Waals surface area contributed by atoms with E-state index >= 15 is 0 Å². The zero-order chi connectivity index (χ0) is 12.6. The monoisotopic (exact) mass is 291 g/mol. The molecule has 5 nitrogen and oxygen atoms in total. The van der Waals surface area contributed by atoms with Gasteiger partial charge in [0, 0.05) is 11.5 Å². The van der Waals surface area contributed by atoms with E-state index in [0.29, 0.717) is 20.9 Å². The van der Waals surface area contributed by atoms with Crippen molar-refractivity contribution in [1.29, 1.82) is 5.26 Å². The molecule has 2 rings (SSSR count). The van der Waals surface area contributed by atoms with E-state index in [-0.39, 0.29) is 11.4 Å². The van der Waals surface area contributed by atoms with Crippen molar-refractivity contribution in [2.24, 2.45) is 0 Å². The Morgan fingerprint density at radius 3 is 2.82 bits per heavy atom. The van der Waals surface area contributed by atoms with Crippen LogP contribution in [-0.2, 0) is 0 Å². The molecule has 0 aliphatic heterocycles. The first-order valence-electron chi connectivity index (χ1n) is 4.69. The fourth-order valence-corrected chi connectivity index (χ4v) is 2.17. The van der Waals surface area contributed by atoms with Gasteiger partial charge >= 0.3 is 0 Å². The van der Waals surface area contributed by atoms with Gasteiger partial charge in [-0.15, -0.1) is 0 Å². The predicted octanol–water partition coefficient (Wildman–Crippen LogP) is 3.09. The summed E-state index contributed by atoms with van der Waals surface area (Å²) in [5, 5.41) is 20.8. The van der Waals surface area contributed by atoms with Crippen LogP contribution in [0.4, 0.5) is 5.69 Å². The second kappa shape index (κ2) is 4.11. The van der Waals surface area contributed by atoms with E-state index in [1.165, 1.54) is 6.07 Å². The van der Waals surface area contributed by atoms with Crippen molar-refractivity contribution in [3.63, 3.8) is 0 Å². The van der Waals surface area contributed by atoms with Crippen LogP contribution >= 0.6 is 15.9 Å². The number of nitrogens with zero attached hydrogens (tertiary/aromatic N) is 3. The summed E-state index contributed by atoms with van der Waals surface area (Å²) in [6.07, 6.45) is 0. The number of non-ortho nitro benzene ring substituents is 1. The molecule has 0 aliphatic carbocycles. The van der Waals surface area contributed by atoms with Crippen LogP contribution in [0.2, 0.25) is 0 Å². The molecule has 0 atom stereocenters. The van der Waals surface area contributed by atoms with Gasteiger partial charge in [0.25, 0.3) is 5.69 Å². The second-order valence-electron chi connectivity index (χ2n) is 3.43. The Balaban J connectivity index is 3.05. The van der Waals surface area contributed by atoms with Crippen molar-refractivity contribution in [3.8, 4) is 6.07 Å². The third kappa shape index (κ3) is 1.74. The fraction of sp³-hybridized carbons (Fsp3) is 0.0909. The Labute approximate surface area is 105 Å². The average Bonchev–Trinajstić information content (AvgIpc) is 2.32. The number of fused-ring (bicyclic) bond motifs is 1. The minimum atomic E-state index is -0.465. The quantitative estimate of drug-likeness (QED) is 0.597. The molecule has 0 unspecified atom stereocenters. The van der Waals surface area contributed by atoms with Crippen LogP contribution in [0.3, 0.4) is 0 Å². The van der Waals surface area contributed by atoms with E-state index in [9.17, 15) is 10.1 Å². The molecule has 17 heavy (non-hydrogen) atoms. The SMILES string of the molecule is Cc1nc(C#N)c2cccc([N+](=O)[O-])c2c1Br. The summed E-state index contributed by atoms with van der Waals surface area (Å²) >= 11 is 3.29. The van der Waals surface area contributed by atoms with Crippen LogP contribution in [0, 0.1) is 28.4 Å². The van der Waals surface area contributed by atoms with Crippen LogP contribution < -0.4 is 0 Å². The third-order valence-electron chi connectivity index (χ3n) is 2.42. The van der Waals surface area contributed by atoms with Gasteiger partial charge in [0.2, 0.25) is 0 Å². The topological polar surface area (TPSA) is 79.8 Å². The van der Waals surface area contributed by atoms with Crippen LogP contribution in [0.1, 0.15) is 11.4 Å². The number of nitro benzene ring substituents is 1. The van der Waals surface area contributed by atoms with Gasteiger partial charge in [0.15, 0.2) is 0 Å². The zero-order valence-electron chi connectivity index (χ0n) is 8.77. The molecule has 0 bridgehead atoms. The van der Waals surface area contributed by atoms with Gasteiger partial charge < -0.3 is 0 Å². The van der Waals surface area contributed by atoms with E-state index < -0.39 is 4.92 Å². The summed E-state index contributed by atoms with van der Waals surface area (Å²) in [7, 11) is 0. The van der Waals surface area contributed by atoms with Crippen LogP contribution in [0.25, 0.3) is 10.8 Å². The van der Waals surface area contributed by atoms with Gasteiger partial charge in [-0.05, 0) is 22.9 Å². The van der Waals surface area contributed by atoms with E-state index in [0.717, 1.165) is 0 Å². The number of nitro groups is 1. The Hall–Kier alpha value is -2.00. The van der Waals surface area contributed by atoms with Crippen molar-refractivity contribution in [3.05, 3.63) is 44.2 Å². The van der Waals surface area contributed by atoms with Gasteiger partial charge in [-0.1, -0.05) is 12.1 Å². The molecule has 0 fully saturated rings. The first-order valence-corrected chi connectivity index (χ1v) is 5.49. The smallest absolute Gasteiger partial charge is 0.258 e. The van der Waals surface area contributed by atoms with E-state index in [2.05, 4.69) is 20.9 Å². The molecule has 0 spiro atoms. The molecule has 2 aromatic rings. The number of hydrogen-bond acceptors (Lipinski definition) is 4. The zero-order valence-corrected chi connectivity index (χ0v) is 10.4. The molecule has 0 saturated carbocycles. The Morgan fingerprint density at radius 2 is 2.24 bits per heavy atom. The summed E-state index contributed by atoms with van der Waals surface area (Å²) in [6.45, 7) is 1.70. The Morgan fingerprint density at radius 1 is 1.53 bits per heavy atom. The lowest BCUT2D eigenvalue weighted by molar-refractivity contribution is -0.383. The number of halogens is 1. The normalized spacial score (nSPS) is 10.2. The number of benzene rings is 1. The molecule has 0 aliphatic rings. The number of pyridine rings is 1. The molecule has 0 radical (unpaired) electrons. The van der Waals surface area contributed by atoms with Crippen molar-refractivity contribution in [2.75, 3.05) is 0 Å². The number of aromatic nitrogens is 1. The van der Waals surface area contributed by atoms with E-state index in [4.69, 9.17) is 5.26 Å². The summed E-state index contributed by atoms with van der Waals surface area (Å²) in [4.78, 5) is 14.6. The maximum atomic E-state index is 11.0. The number of rotatable bonds is 1. The average molecular weight is 292 g/mol. The van der Waals surface area contributed by atoms with Gasteiger partial charge in [-0.2, -0.15) is 5.26 Å². The van der Waals surface area contributed by atoms with E-state index in [1.54, 1.807) is 19.1 Å². The standard InChI is InChI=1S/C11H6BrN3O2/c1-6-11(12)10-7(8(5-13)14-6)3-2-4-9(10)15(16)17/h2-4H,1H3. The third-order valence-corrected chi connectivity index (χ3v) is 3.39. The number of hydrogen-bond donors (Lipinski definition) is 0. The first kappa shape index (κ1) is 11.5. The summed E-state index contributed by atoms with van der Waals surface area (Å²) in [5.41, 5.74) is 0.726. The summed E-state index contributed by atoms with van der Waals surface area (Å²) in [5.74, 6) is 0. The lowest BCUT2D eigenvalue weighted by Crippen LogP contribution is -1.96. The second-order valence-corrected chi connectivity index (χ2v) is 4.22. The highest BCUT2D eigenvalue weighted by Crippen LogP contribution is 2.34. The highest BCUT2D eigenvalue weighted by atomic mass is 79.9. The molecule has 1 heterocycles. The molecule has 84 valence electrons. The van der Waals surface area contributed by atoms with Crippen LogP contribution in [0.5, 0.6) is 0 Å². The summed E-state index contributed by atoms with van der Waals surface area (Å²) < 4.78 is 0.554. The van der Waals surface area contributed by atoms with Gasteiger partial charge in [0.1, 0.15) is 11.8 Å². The predicted molar refractivity (Wildman–Crippen MR) is 65.5 cm³/mol. The maximum Gasteiger partial charge on any atom is 0.278 e. The van der Waals surface area contributed by atoms with Crippen molar-refractivity contribution >= 4 is 32.4 Å². The fourth-order valence-electron chi connectivity index (χ4n) is 1.66. The molecular formula is C11H6BrN3O2. The number of aryl methyl sites for hydroxylation is 1. The van der Waals surface area contributed by atoms with Gasteiger partial charge in [0.05, 0.1) is 20.5 Å². The Bertz CT molecular complexity index is 676. The molecule has 0 saturated heterocycles. The van der Waals surface area contributed by atoms with Crippen molar-refractivity contribution < 1.29 is 4.92 Å². The van der Waals surface area contributed by atoms with Gasteiger partial charge in [-0.3, -0.25) is 10.1 Å². The van der Waals surface area contributed by atoms with Crippen molar-refractivity contribution in [2.45, 2.75) is 6.92 Å². The van der Waals surface area contributed by atoms with Crippen molar-refractivity contribution in [1.82, 2.24) is 4.98 Å². The lowest BCUT2D eigenvalue weighted by Gasteiger charge is -2.05. The lowest BCUT2D eigenvalue weighted by atomic mass is 10.1. The number of nitriles is 1. The summed E-state index contributed by atoms with van der Waals surface area (Å²) in [6, 6.07) is 6.56.